The predicted molar refractivity (Wildman–Crippen MR) is 78.1 cm³/mol. The Morgan fingerprint density at radius 2 is 1.75 bits per heavy atom. The number of anilines is 1. The van der Waals surface area contributed by atoms with Gasteiger partial charge in [-0.25, -0.2) is 9.07 Å². The minimum Gasteiger partial charge on any atom is -0.396 e. The molecule has 0 fully saturated rings. The molecule has 0 bridgehead atoms. The fourth-order valence-corrected chi connectivity index (χ4v) is 2.19. The van der Waals surface area contributed by atoms with Gasteiger partial charge in [0.2, 0.25) is 0 Å². The highest BCUT2D eigenvalue weighted by Gasteiger charge is 2.13. The maximum absolute atomic E-state index is 13.8. The average Bonchev–Trinajstić information content (AvgIpc) is 2.81. The number of nitrogens with two attached hydrogens (primary N) is 1. The van der Waals surface area contributed by atoms with E-state index in [4.69, 9.17) is 5.73 Å². The van der Waals surface area contributed by atoms with Crippen molar-refractivity contribution in [3.8, 4) is 16.9 Å². The lowest BCUT2D eigenvalue weighted by atomic mass is 10.1. The molecule has 0 aliphatic carbocycles. The first-order valence-corrected chi connectivity index (χ1v) is 6.33. The third kappa shape index (κ3) is 2.05. The lowest BCUT2D eigenvalue weighted by molar-refractivity contribution is 0.630. The van der Waals surface area contributed by atoms with Crippen molar-refractivity contribution >= 4 is 5.69 Å². The molecule has 100 valence electrons. The van der Waals surface area contributed by atoms with Crippen molar-refractivity contribution < 1.29 is 4.39 Å². The van der Waals surface area contributed by atoms with Crippen molar-refractivity contribution in [1.29, 1.82) is 0 Å². The number of nitrogen functional groups attached to an aromatic ring is 1. The van der Waals surface area contributed by atoms with Gasteiger partial charge >= 0.3 is 0 Å². The first-order chi connectivity index (χ1) is 9.66. The monoisotopic (exact) mass is 267 g/mol. The van der Waals surface area contributed by atoms with Crippen LogP contribution in [0.1, 0.15) is 5.56 Å². The van der Waals surface area contributed by atoms with Crippen LogP contribution in [-0.2, 0) is 0 Å². The Morgan fingerprint density at radius 1 is 1.05 bits per heavy atom. The molecule has 2 aromatic carbocycles. The summed E-state index contributed by atoms with van der Waals surface area (Å²) in [6, 6.07) is 14.3. The zero-order chi connectivity index (χ0) is 14.1. The molecule has 4 heteroatoms. The van der Waals surface area contributed by atoms with E-state index in [-0.39, 0.29) is 5.82 Å². The van der Waals surface area contributed by atoms with E-state index in [2.05, 4.69) is 5.10 Å². The van der Waals surface area contributed by atoms with Gasteiger partial charge in [0.25, 0.3) is 0 Å². The minimum atomic E-state index is -0.325. The van der Waals surface area contributed by atoms with Gasteiger partial charge in [-0.2, -0.15) is 5.10 Å². The quantitative estimate of drug-likeness (QED) is 0.771. The molecule has 0 radical (unpaired) electrons. The van der Waals surface area contributed by atoms with Gasteiger partial charge in [-0.05, 0) is 30.7 Å². The molecule has 0 atom stereocenters. The van der Waals surface area contributed by atoms with Crippen LogP contribution in [0.15, 0.2) is 54.7 Å². The molecule has 0 saturated carbocycles. The highest BCUT2D eigenvalue weighted by atomic mass is 19.1. The van der Waals surface area contributed by atoms with E-state index in [1.54, 1.807) is 29.1 Å². The summed E-state index contributed by atoms with van der Waals surface area (Å²) >= 11 is 0. The van der Waals surface area contributed by atoms with Crippen LogP contribution in [0.3, 0.4) is 0 Å². The van der Waals surface area contributed by atoms with E-state index in [1.807, 2.05) is 31.2 Å². The first kappa shape index (κ1) is 12.4. The number of rotatable bonds is 2. The topological polar surface area (TPSA) is 43.8 Å². The Bertz CT molecular complexity index is 762. The molecule has 0 amide bonds. The Hall–Kier alpha value is -2.62. The lowest BCUT2D eigenvalue weighted by Gasteiger charge is -2.04. The molecule has 0 aliphatic rings. The molecule has 1 heterocycles. The van der Waals surface area contributed by atoms with E-state index < -0.39 is 0 Å². The third-order valence-electron chi connectivity index (χ3n) is 3.23. The van der Waals surface area contributed by atoms with Crippen LogP contribution in [0.4, 0.5) is 10.1 Å². The second-order valence-corrected chi connectivity index (χ2v) is 4.64. The van der Waals surface area contributed by atoms with Crippen LogP contribution in [-0.4, -0.2) is 9.78 Å². The largest absolute Gasteiger partial charge is 0.396 e. The maximum atomic E-state index is 13.8. The average molecular weight is 267 g/mol. The van der Waals surface area contributed by atoms with Gasteiger partial charge < -0.3 is 5.73 Å². The molecule has 3 aromatic rings. The van der Waals surface area contributed by atoms with Crippen molar-refractivity contribution in [3.05, 3.63) is 66.1 Å². The van der Waals surface area contributed by atoms with Gasteiger partial charge in [-0.15, -0.1) is 0 Å². The fraction of sp³-hybridized carbons (Fsp3) is 0.0625. The van der Waals surface area contributed by atoms with Gasteiger partial charge in [0.05, 0.1) is 17.6 Å². The van der Waals surface area contributed by atoms with Crippen molar-refractivity contribution in [2.75, 3.05) is 5.73 Å². The second kappa shape index (κ2) is 4.81. The molecule has 2 N–H and O–H groups in total. The van der Waals surface area contributed by atoms with Crippen LogP contribution >= 0.6 is 0 Å². The number of hydrogen-bond donors (Lipinski definition) is 1. The smallest absolute Gasteiger partial charge is 0.132 e. The van der Waals surface area contributed by atoms with Crippen LogP contribution in [0.25, 0.3) is 16.9 Å². The third-order valence-corrected chi connectivity index (χ3v) is 3.23. The highest BCUT2D eigenvalue weighted by Crippen LogP contribution is 2.28. The van der Waals surface area contributed by atoms with Crippen molar-refractivity contribution in [2.45, 2.75) is 6.92 Å². The summed E-state index contributed by atoms with van der Waals surface area (Å²) in [5, 5.41) is 4.42. The molecular formula is C16H14FN3. The zero-order valence-electron chi connectivity index (χ0n) is 11.0. The van der Waals surface area contributed by atoms with Crippen molar-refractivity contribution in [3.63, 3.8) is 0 Å². The van der Waals surface area contributed by atoms with Gasteiger partial charge in [0, 0.05) is 5.56 Å². The number of nitrogens with zero attached hydrogens (tertiary/aromatic N) is 2. The number of halogens is 1. The number of para-hydroxylation sites is 1. The van der Waals surface area contributed by atoms with E-state index >= 15 is 0 Å². The predicted octanol–water partition coefficient (Wildman–Crippen LogP) is 3.57. The molecule has 0 unspecified atom stereocenters. The molecule has 20 heavy (non-hydrogen) atoms. The van der Waals surface area contributed by atoms with Crippen LogP contribution in [0, 0.1) is 12.7 Å². The molecule has 1 aromatic heterocycles. The second-order valence-electron chi connectivity index (χ2n) is 4.64. The van der Waals surface area contributed by atoms with Crippen LogP contribution < -0.4 is 5.73 Å². The van der Waals surface area contributed by atoms with Crippen LogP contribution in [0.5, 0.6) is 0 Å². The first-order valence-electron chi connectivity index (χ1n) is 6.33. The minimum absolute atomic E-state index is 0.325. The van der Waals surface area contributed by atoms with E-state index in [0.717, 1.165) is 11.3 Å². The molecule has 3 nitrogen and oxygen atoms in total. The molecule has 3 rings (SSSR count). The lowest BCUT2D eigenvalue weighted by Crippen LogP contribution is -1.97. The van der Waals surface area contributed by atoms with Crippen molar-refractivity contribution in [1.82, 2.24) is 9.78 Å². The van der Waals surface area contributed by atoms with Gasteiger partial charge in [-0.1, -0.05) is 30.3 Å². The summed E-state index contributed by atoms with van der Waals surface area (Å²) in [5.41, 5.74) is 9.33. The molecule has 0 aliphatic heterocycles. The number of aromatic nitrogens is 2. The standard InChI is InChI=1S/C16H14FN3/c1-11-6-2-5-9-15(11)20-10-14(18)16(19-20)12-7-3-4-8-13(12)17/h2-10H,18H2,1H3. The Balaban J connectivity index is 2.13. The van der Waals surface area contributed by atoms with Crippen molar-refractivity contribution in [2.24, 2.45) is 0 Å². The molecule has 0 saturated heterocycles. The Morgan fingerprint density at radius 3 is 2.50 bits per heavy atom. The summed E-state index contributed by atoms with van der Waals surface area (Å²) in [4.78, 5) is 0. The summed E-state index contributed by atoms with van der Waals surface area (Å²) in [6.07, 6.45) is 1.71. The summed E-state index contributed by atoms with van der Waals surface area (Å²) in [6.45, 7) is 2.00. The maximum Gasteiger partial charge on any atom is 0.132 e. The number of benzene rings is 2. The Labute approximate surface area is 116 Å². The fourth-order valence-electron chi connectivity index (χ4n) is 2.19. The summed E-state index contributed by atoms with van der Waals surface area (Å²) in [5.74, 6) is -0.325. The SMILES string of the molecule is Cc1ccccc1-n1cc(N)c(-c2ccccc2F)n1. The highest BCUT2D eigenvalue weighted by molar-refractivity contribution is 5.73. The van der Waals surface area contributed by atoms with Gasteiger partial charge in [0.15, 0.2) is 0 Å². The number of hydrogen-bond acceptors (Lipinski definition) is 2. The normalized spacial score (nSPS) is 10.7. The summed E-state index contributed by atoms with van der Waals surface area (Å²) in [7, 11) is 0. The van der Waals surface area contributed by atoms with E-state index in [0.29, 0.717) is 16.9 Å². The Kier molecular flexibility index (Phi) is 2.99. The van der Waals surface area contributed by atoms with Gasteiger partial charge in [0.1, 0.15) is 11.5 Å². The molecule has 0 spiro atoms. The number of aryl methyl sites for hydroxylation is 1. The van der Waals surface area contributed by atoms with Gasteiger partial charge in [-0.3, -0.25) is 0 Å². The summed E-state index contributed by atoms with van der Waals surface area (Å²) < 4.78 is 15.5. The molecular weight excluding hydrogens is 253 g/mol. The van der Waals surface area contributed by atoms with E-state index in [1.165, 1.54) is 6.07 Å². The van der Waals surface area contributed by atoms with E-state index in [9.17, 15) is 4.39 Å². The van der Waals surface area contributed by atoms with Crippen LogP contribution in [0.2, 0.25) is 0 Å². The zero-order valence-corrected chi connectivity index (χ0v) is 11.0.